The summed E-state index contributed by atoms with van der Waals surface area (Å²) in [6.07, 6.45) is 5.97. The molecule has 0 spiro atoms. The van der Waals surface area contributed by atoms with Crippen molar-refractivity contribution in [2.45, 2.75) is 50.9 Å². The Balaban J connectivity index is 1.79. The molecule has 0 bridgehead atoms. The van der Waals surface area contributed by atoms with Crippen LogP contribution in [0.2, 0.25) is 0 Å². The molecule has 3 atom stereocenters. The molecule has 2 aliphatic rings. The Morgan fingerprint density at radius 3 is 2.86 bits per heavy atom. The zero-order valence-electron chi connectivity index (χ0n) is 8.92. The highest BCUT2D eigenvalue weighted by Gasteiger charge is 2.29. The summed E-state index contributed by atoms with van der Waals surface area (Å²) >= 11 is 5.93. The van der Waals surface area contributed by atoms with Gasteiger partial charge < -0.3 is 4.74 Å². The van der Waals surface area contributed by atoms with E-state index < -0.39 is 0 Å². The molecule has 2 saturated heterocycles. The quantitative estimate of drug-likeness (QED) is 0.673. The van der Waals surface area contributed by atoms with Crippen molar-refractivity contribution in [3.05, 3.63) is 0 Å². The summed E-state index contributed by atoms with van der Waals surface area (Å²) in [6.45, 7) is 4.48. The van der Waals surface area contributed by atoms with Crippen molar-refractivity contribution in [3.8, 4) is 0 Å². The predicted molar refractivity (Wildman–Crippen MR) is 58.9 cm³/mol. The van der Waals surface area contributed by atoms with Crippen LogP contribution in [0.25, 0.3) is 0 Å². The van der Waals surface area contributed by atoms with Gasteiger partial charge >= 0.3 is 0 Å². The van der Waals surface area contributed by atoms with E-state index in [2.05, 4.69) is 11.8 Å². The first-order valence-electron chi connectivity index (χ1n) is 5.75. The SMILES string of the molecule is CC1CCC(CN2CCCC2CCl)O1. The van der Waals surface area contributed by atoms with Gasteiger partial charge in [-0.3, -0.25) is 4.90 Å². The summed E-state index contributed by atoms with van der Waals surface area (Å²) in [5.74, 6) is 0.780. The van der Waals surface area contributed by atoms with Crippen molar-refractivity contribution in [2.24, 2.45) is 0 Å². The topological polar surface area (TPSA) is 12.5 Å². The molecule has 0 saturated carbocycles. The van der Waals surface area contributed by atoms with Crippen LogP contribution in [0, 0.1) is 0 Å². The maximum Gasteiger partial charge on any atom is 0.0706 e. The Morgan fingerprint density at radius 2 is 2.21 bits per heavy atom. The minimum absolute atomic E-state index is 0.466. The van der Waals surface area contributed by atoms with Gasteiger partial charge in [-0.25, -0.2) is 0 Å². The van der Waals surface area contributed by atoms with Gasteiger partial charge in [0.25, 0.3) is 0 Å². The normalized spacial score (nSPS) is 39.4. The van der Waals surface area contributed by atoms with Gasteiger partial charge in [0.15, 0.2) is 0 Å². The van der Waals surface area contributed by atoms with Gasteiger partial charge in [-0.15, -0.1) is 11.6 Å². The molecule has 0 aromatic rings. The lowest BCUT2D eigenvalue weighted by Crippen LogP contribution is -2.37. The number of hydrogen-bond acceptors (Lipinski definition) is 2. The minimum Gasteiger partial charge on any atom is -0.374 e. The zero-order chi connectivity index (χ0) is 9.97. The molecule has 2 heterocycles. The van der Waals surface area contributed by atoms with Crippen LogP contribution in [-0.2, 0) is 4.74 Å². The van der Waals surface area contributed by atoms with Gasteiger partial charge in [0.05, 0.1) is 12.2 Å². The van der Waals surface area contributed by atoms with E-state index in [9.17, 15) is 0 Å². The highest BCUT2D eigenvalue weighted by atomic mass is 35.5. The third kappa shape index (κ3) is 2.41. The van der Waals surface area contributed by atoms with Gasteiger partial charge in [-0.05, 0) is 39.2 Å². The smallest absolute Gasteiger partial charge is 0.0706 e. The van der Waals surface area contributed by atoms with Gasteiger partial charge in [-0.1, -0.05) is 0 Å². The van der Waals surface area contributed by atoms with Crippen LogP contribution in [0.15, 0.2) is 0 Å². The van der Waals surface area contributed by atoms with E-state index in [0.717, 1.165) is 12.4 Å². The second kappa shape index (κ2) is 4.82. The molecule has 0 amide bonds. The van der Waals surface area contributed by atoms with Crippen molar-refractivity contribution in [3.63, 3.8) is 0 Å². The molecule has 14 heavy (non-hydrogen) atoms. The number of ether oxygens (including phenoxy) is 1. The van der Waals surface area contributed by atoms with Gasteiger partial charge in [0.2, 0.25) is 0 Å². The molecular weight excluding hydrogens is 198 g/mol. The van der Waals surface area contributed by atoms with Crippen molar-refractivity contribution in [2.75, 3.05) is 19.0 Å². The highest BCUT2D eigenvalue weighted by Crippen LogP contribution is 2.24. The van der Waals surface area contributed by atoms with Crippen LogP contribution in [0.4, 0.5) is 0 Å². The van der Waals surface area contributed by atoms with Gasteiger partial charge in [0.1, 0.15) is 0 Å². The summed E-state index contributed by atoms with van der Waals surface area (Å²) in [5, 5.41) is 0. The fourth-order valence-electron chi connectivity index (χ4n) is 2.59. The fraction of sp³-hybridized carbons (Fsp3) is 1.00. The van der Waals surface area contributed by atoms with Crippen LogP contribution in [0.5, 0.6) is 0 Å². The largest absolute Gasteiger partial charge is 0.374 e. The molecule has 3 unspecified atom stereocenters. The van der Waals surface area contributed by atoms with E-state index in [0.29, 0.717) is 18.2 Å². The average Bonchev–Trinajstić information content (AvgIpc) is 2.76. The van der Waals surface area contributed by atoms with E-state index in [1.165, 1.54) is 32.2 Å². The Bertz CT molecular complexity index is 188. The van der Waals surface area contributed by atoms with Crippen LogP contribution in [0.3, 0.4) is 0 Å². The monoisotopic (exact) mass is 217 g/mol. The van der Waals surface area contributed by atoms with E-state index in [1.54, 1.807) is 0 Å². The summed E-state index contributed by atoms with van der Waals surface area (Å²) in [7, 11) is 0. The highest BCUT2D eigenvalue weighted by molar-refractivity contribution is 6.18. The number of rotatable bonds is 3. The second-order valence-corrected chi connectivity index (χ2v) is 4.90. The van der Waals surface area contributed by atoms with Crippen LogP contribution < -0.4 is 0 Å². The summed E-state index contributed by atoms with van der Waals surface area (Å²) in [5.41, 5.74) is 0. The van der Waals surface area contributed by atoms with Crippen molar-refractivity contribution in [1.29, 1.82) is 0 Å². The molecule has 0 aliphatic carbocycles. The molecule has 2 rings (SSSR count). The first-order chi connectivity index (χ1) is 6.79. The molecular formula is C11H20ClNO. The van der Waals surface area contributed by atoms with Crippen molar-refractivity contribution in [1.82, 2.24) is 4.90 Å². The molecule has 0 N–H and O–H groups in total. The molecule has 0 aromatic carbocycles. The van der Waals surface area contributed by atoms with E-state index in [4.69, 9.17) is 16.3 Å². The first kappa shape index (κ1) is 10.7. The number of nitrogens with zero attached hydrogens (tertiary/aromatic N) is 1. The Kier molecular flexibility index (Phi) is 3.69. The van der Waals surface area contributed by atoms with E-state index in [1.807, 2.05) is 0 Å². The standard InChI is InChI=1S/C11H20ClNO/c1-9-4-5-11(14-9)8-13-6-2-3-10(13)7-12/h9-11H,2-8H2,1H3. The maximum absolute atomic E-state index is 5.93. The number of halogens is 1. The molecule has 2 fully saturated rings. The van der Waals surface area contributed by atoms with Crippen molar-refractivity contribution >= 4 is 11.6 Å². The van der Waals surface area contributed by atoms with E-state index in [-0.39, 0.29) is 0 Å². The zero-order valence-corrected chi connectivity index (χ0v) is 9.67. The minimum atomic E-state index is 0.466. The Labute approximate surface area is 91.6 Å². The van der Waals surface area contributed by atoms with Gasteiger partial charge in [-0.2, -0.15) is 0 Å². The first-order valence-corrected chi connectivity index (χ1v) is 6.28. The molecule has 0 aromatic heterocycles. The molecule has 82 valence electrons. The third-order valence-corrected chi connectivity index (χ3v) is 3.79. The lowest BCUT2D eigenvalue weighted by Gasteiger charge is -2.25. The van der Waals surface area contributed by atoms with Crippen LogP contribution in [-0.4, -0.2) is 42.1 Å². The van der Waals surface area contributed by atoms with Gasteiger partial charge in [0, 0.05) is 18.5 Å². The van der Waals surface area contributed by atoms with E-state index >= 15 is 0 Å². The maximum atomic E-state index is 5.93. The van der Waals surface area contributed by atoms with Crippen molar-refractivity contribution < 1.29 is 4.74 Å². The summed E-state index contributed by atoms with van der Waals surface area (Å²) in [4.78, 5) is 2.51. The second-order valence-electron chi connectivity index (χ2n) is 4.59. The molecule has 3 heteroatoms. The lowest BCUT2D eigenvalue weighted by molar-refractivity contribution is 0.0303. The van der Waals surface area contributed by atoms with Crippen LogP contribution in [0.1, 0.15) is 32.6 Å². The predicted octanol–water partition coefficient (Wildman–Crippen LogP) is 2.26. The Morgan fingerprint density at radius 1 is 1.36 bits per heavy atom. The molecule has 2 aliphatic heterocycles. The number of likely N-dealkylation sites (tertiary alicyclic amines) is 1. The summed E-state index contributed by atoms with van der Waals surface area (Å²) in [6, 6.07) is 0.608. The fourth-order valence-corrected chi connectivity index (χ4v) is 2.94. The summed E-state index contributed by atoms with van der Waals surface area (Å²) < 4.78 is 5.83. The molecule has 0 radical (unpaired) electrons. The van der Waals surface area contributed by atoms with Crippen LogP contribution >= 0.6 is 11.6 Å². The molecule has 2 nitrogen and oxygen atoms in total. The Hall–Kier alpha value is 0.210. The third-order valence-electron chi connectivity index (χ3n) is 3.44. The number of hydrogen-bond donors (Lipinski definition) is 0. The average molecular weight is 218 g/mol. The number of alkyl halides is 1. The lowest BCUT2D eigenvalue weighted by atomic mass is 10.2.